The van der Waals surface area contributed by atoms with Crippen molar-refractivity contribution >= 4 is 27.4 Å². The van der Waals surface area contributed by atoms with Crippen molar-refractivity contribution in [2.24, 2.45) is 7.05 Å². The number of fused-ring (bicyclic) bond motifs is 1. The summed E-state index contributed by atoms with van der Waals surface area (Å²) in [6.45, 7) is 0. The van der Waals surface area contributed by atoms with E-state index >= 15 is 0 Å². The highest BCUT2D eigenvalue weighted by Gasteiger charge is 2.20. The zero-order valence-corrected chi connectivity index (χ0v) is 13.7. The van der Waals surface area contributed by atoms with E-state index in [9.17, 15) is 4.39 Å². The van der Waals surface area contributed by atoms with Gasteiger partial charge in [-0.25, -0.2) is 19.3 Å². The van der Waals surface area contributed by atoms with E-state index in [1.54, 1.807) is 29.7 Å². The van der Waals surface area contributed by atoms with Crippen LogP contribution in [0.3, 0.4) is 0 Å². The highest BCUT2D eigenvalue weighted by Crippen LogP contribution is 2.30. The van der Waals surface area contributed by atoms with Crippen molar-refractivity contribution in [3.8, 4) is 0 Å². The van der Waals surface area contributed by atoms with Crippen molar-refractivity contribution in [3.63, 3.8) is 0 Å². The molecule has 1 N–H and O–H groups in total. The number of hydrogen-bond acceptors (Lipinski definition) is 5. The summed E-state index contributed by atoms with van der Waals surface area (Å²) >= 11 is 1.58. The molecule has 0 unspecified atom stereocenters. The van der Waals surface area contributed by atoms with Gasteiger partial charge in [-0.05, 0) is 29.1 Å². The number of aromatic nitrogens is 4. The third-order valence-electron chi connectivity index (χ3n) is 3.84. The molecule has 0 radical (unpaired) electrons. The van der Waals surface area contributed by atoms with Crippen molar-refractivity contribution in [3.05, 3.63) is 71.6 Å². The number of imidazole rings is 1. The van der Waals surface area contributed by atoms with Gasteiger partial charge in [-0.3, -0.25) is 0 Å². The topological polar surface area (TPSA) is 55.6 Å². The first-order valence-electron chi connectivity index (χ1n) is 7.40. The van der Waals surface area contributed by atoms with Crippen LogP contribution in [0.25, 0.3) is 10.2 Å². The zero-order valence-electron chi connectivity index (χ0n) is 12.8. The Balaban J connectivity index is 1.80. The zero-order chi connectivity index (χ0) is 16.5. The van der Waals surface area contributed by atoms with Gasteiger partial charge in [-0.1, -0.05) is 12.1 Å². The summed E-state index contributed by atoms with van der Waals surface area (Å²) in [5, 5.41) is 5.42. The molecule has 0 fully saturated rings. The summed E-state index contributed by atoms with van der Waals surface area (Å²) < 4.78 is 16.2. The van der Waals surface area contributed by atoms with E-state index in [1.165, 1.54) is 18.5 Å². The van der Waals surface area contributed by atoms with Gasteiger partial charge in [0.25, 0.3) is 0 Å². The molecule has 1 atom stereocenters. The van der Waals surface area contributed by atoms with Gasteiger partial charge >= 0.3 is 0 Å². The van der Waals surface area contributed by atoms with E-state index in [-0.39, 0.29) is 11.9 Å². The van der Waals surface area contributed by atoms with Crippen molar-refractivity contribution in [2.75, 3.05) is 5.32 Å². The monoisotopic (exact) mass is 339 g/mol. The molecule has 4 rings (SSSR count). The number of halogens is 1. The third kappa shape index (κ3) is 2.63. The number of benzene rings is 1. The first-order valence-corrected chi connectivity index (χ1v) is 8.28. The fourth-order valence-corrected chi connectivity index (χ4v) is 3.43. The predicted molar refractivity (Wildman–Crippen MR) is 92.5 cm³/mol. The molecule has 0 aliphatic rings. The van der Waals surface area contributed by atoms with Crippen LogP contribution in [0.15, 0.2) is 54.4 Å². The summed E-state index contributed by atoms with van der Waals surface area (Å²) in [4.78, 5) is 13.1. The second-order valence-electron chi connectivity index (χ2n) is 5.38. The molecule has 5 nitrogen and oxygen atoms in total. The van der Waals surface area contributed by atoms with Crippen LogP contribution in [0, 0.1) is 5.82 Å². The summed E-state index contributed by atoms with van der Waals surface area (Å²) in [5.74, 6) is 1.30. The minimum Gasteiger partial charge on any atom is -0.355 e. The van der Waals surface area contributed by atoms with E-state index in [4.69, 9.17) is 0 Å². The van der Waals surface area contributed by atoms with Gasteiger partial charge in [0.1, 0.15) is 29.8 Å². The lowest BCUT2D eigenvalue weighted by atomic mass is 10.1. The largest absolute Gasteiger partial charge is 0.355 e. The first kappa shape index (κ1) is 14.8. The van der Waals surface area contributed by atoms with Crippen LogP contribution < -0.4 is 5.32 Å². The van der Waals surface area contributed by atoms with Crippen molar-refractivity contribution in [1.82, 2.24) is 19.5 Å². The van der Waals surface area contributed by atoms with E-state index in [1.807, 2.05) is 29.3 Å². The second-order valence-corrected chi connectivity index (χ2v) is 6.30. The minimum absolute atomic E-state index is 0.245. The second kappa shape index (κ2) is 6.01. The Hall–Kier alpha value is -2.80. The van der Waals surface area contributed by atoms with Crippen LogP contribution in [0.4, 0.5) is 10.2 Å². The number of aryl methyl sites for hydroxylation is 1. The number of nitrogens with one attached hydrogen (secondary N) is 1. The number of rotatable bonds is 4. The molecule has 0 aliphatic carbocycles. The van der Waals surface area contributed by atoms with Crippen LogP contribution in [0.1, 0.15) is 17.4 Å². The van der Waals surface area contributed by atoms with Gasteiger partial charge < -0.3 is 9.88 Å². The van der Waals surface area contributed by atoms with E-state index < -0.39 is 0 Å². The normalized spacial score (nSPS) is 12.4. The molecule has 0 amide bonds. The smallest absolute Gasteiger partial charge is 0.148 e. The van der Waals surface area contributed by atoms with Gasteiger partial charge in [0.05, 0.1) is 10.2 Å². The molecule has 4 aromatic rings. The number of anilines is 1. The maximum absolute atomic E-state index is 13.3. The first-order chi connectivity index (χ1) is 11.7. The number of hydrogen-bond donors (Lipinski definition) is 1. The molecule has 3 aromatic heterocycles. The summed E-state index contributed by atoms with van der Waals surface area (Å²) in [7, 11) is 1.93. The lowest BCUT2D eigenvalue weighted by molar-refractivity contribution is 0.626. The molecule has 0 aliphatic heterocycles. The average molecular weight is 339 g/mol. The van der Waals surface area contributed by atoms with Gasteiger partial charge in [-0.15, -0.1) is 11.3 Å². The molecule has 1 aromatic carbocycles. The highest BCUT2D eigenvalue weighted by molar-refractivity contribution is 7.17. The highest BCUT2D eigenvalue weighted by atomic mass is 32.1. The lowest BCUT2D eigenvalue weighted by Gasteiger charge is -2.20. The van der Waals surface area contributed by atoms with Crippen LogP contribution in [0.5, 0.6) is 0 Å². The molecule has 7 heteroatoms. The Labute approximate surface area is 141 Å². The maximum atomic E-state index is 13.3. The van der Waals surface area contributed by atoms with E-state index in [0.29, 0.717) is 0 Å². The van der Waals surface area contributed by atoms with Crippen LogP contribution in [-0.4, -0.2) is 19.5 Å². The Bertz CT molecular complexity index is 976. The fraction of sp³-hybridized carbons (Fsp3) is 0.118. The average Bonchev–Trinajstić information content (AvgIpc) is 3.23. The third-order valence-corrected chi connectivity index (χ3v) is 4.75. The fourth-order valence-electron chi connectivity index (χ4n) is 2.64. The Morgan fingerprint density at radius 1 is 1.12 bits per heavy atom. The molecule has 0 spiro atoms. The minimum atomic E-state index is -0.264. The molecular formula is C17H14FN5S. The number of thiophene rings is 1. The van der Waals surface area contributed by atoms with Gasteiger partial charge in [0.2, 0.25) is 0 Å². The van der Waals surface area contributed by atoms with Crippen molar-refractivity contribution < 1.29 is 4.39 Å². The van der Waals surface area contributed by atoms with E-state index in [0.717, 1.165) is 27.4 Å². The summed E-state index contributed by atoms with van der Waals surface area (Å²) in [6.07, 6.45) is 5.17. The summed E-state index contributed by atoms with van der Waals surface area (Å²) in [5.41, 5.74) is 1.81. The van der Waals surface area contributed by atoms with Gasteiger partial charge in [0.15, 0.2) is 0 Å². The number of nitrogens with zero attached hydrogens (tertiary/aromatic N) is 4. The molecule has 0 bridgehead atoms. The summed E-state index contributed by atoms with van der Waals surface area (Å²) in [6, 6.07) is 8.14. The molecule has 120 valence electrons. The van der Waals surface area contributed by atoms with Gasteiger partial charge in [0, 0.05) is 19.4 Å². The Morgan fingerprint density at radius 3 is 2.71 bits per heavy atom. The SMILES string of the molecule is Cn1ccnc1[C@H](Nc1ncnc2ccsc12)c1ccc(F)cc1. The van der Waals surface area contributed by atoms with Crippen molar-refractivity contribution in [2.45, 2.75) is 6.04 Å². The Kier molecular flexibility index (Phi) is 3.70. The molecule has 3 heterocycles. The quantitative estimate of drug-likeness (QED) is 0.615. The van der Waals surface area contributed by atoms with Gasteiger partial charge in [-0.2, -0.15) is 0 Å². The van der Waals surface area contributed by atoms with Crippen LogP contribution in [0.2, 0.25) is 0 Å². The van der Waals surface area contributed by atoms with Crippen LogP contribution in [-0.2, 0) is 7.05 Å². The molecule has 24 heavy (non-hydrogen) atoms. The molecular weight excluding hydrogens is 325 g/mol. The standard InChI is InChI=1S/C17H14FN5S/c1-23-8-7-19-17(23)14(11-2-4-12(18)5-3-11)22-16-15-13(6-9-24-15)20-10-21-16/h2-10,14H,1H3,(H,20,21,22)/t14-/m1/s1. The van der Waals surface area contributed by atoms with E-state index in [2.05, 4.69) is 20.3 Å². The molecule has 0 saturated heterocycles. The maximum Gasteiger partial charge on any atom is 0.148 e. The predicted octanol–water partition coefficient (Wildman–Crippen LogP) is 3.77. The molecule has 0 saturated carbocycles. The Morgan fingerprint density at radius 2 is 1.96 bits per heavy atom. The van der Waals surface area contributed by atoms with Crippen molar-refractivity contribution in [1.29, 1.82) is 0 Å². The van der Waals surface area contributed by atoms with Crippen LogP contribution >= 0.6 is 11.3 Å². The lowest BCUT2D eigenvalue weighted by Crippen LogP contribution is -2.17.